The Balaban J connectivity index is 2.91. The van der Waals surface area contributed by atoms with Crippen LogP contribution in [-0.4, -0.2) is 11.7 Å². The lowest BCUT2D eigenvalue weighted by atomic mass is 10.1. The molecule has 1 rings (SSSR count). The highest BCUT2D eigenvalue weighted by Crippen LogP contribution is 2.26. The van der Waals surface area contributed by atoms with Gasteiger partial charge in [0, 0.05) is 16.7 Å². The summed E-state index contributed by atoms with van der Waals surface area (Å²) in [7, 11) is 0. The molecular weight excluding hydrogens is 219 g/mol. The van der Waals surface area contributed by atoms with Crippen molar-refractivity contribution in [1.29, 1.82) is 0 Å². The van der Waals surface area contributed by atoms with E-state index in [4.69, 9.17) is 16.3 Å². The number of benzene rings is 1. The molecule has 1 aromatic carbocycles. The van der Waals surface area contributed by atoms with Gasteiger partial charge in [-0.25, -0.2) is 4.39 Å². The van der Waals surface area contributed by atoms with Crippen molar-refractivity contribution in [3.05, 3.63) is 41.2 Å². The monoisotopic (exact) mass is 230 g/mol. The third-order valence-electron chi connectivity index (χ3n) is 1.81. The molecule has 0 spiro atoms. The average molecular weight is 231 g/mol. The minimum atomic E-state index is -0.718. The van der Waals surface area contributed by atoms with Gasteiger partial charge in [-0.05, 0) is 19.1 Å². The van der Waals surface area contributed by atoms with E-state index >= 15 is 0 Å². The molecule has 0 amide bonds. The molecule has 15 heavy (non-hydrogen) atoms. The molecule has 1 aromatic rings. The minimum absolute atomic E-state index is 0.0880. The van der Waals surface area contributed by atoms with Gasteiger partial charge in [-0.2, -0.15) is 0 Å². The molecule has 0 fully saturated rings. The summed E-state index contributed by atoms with van der Waals surface area (Å²) in [5.74, 6) is -0.138. The summed E-state index contributed by atoms with van der Waals surface area (Å²) in [6, 6.07) is 3.96. The number of hydrogen-bond acceptors (Lipinski definition) is 2. The highest BCUT2D eigenvalue weighted by atomic mass is 35.5. The van der Waals surface area contributed by atoms with E-state index in [0.29, 0.717) is 10.6 Å². The Hall–Kier alpha value is -1.06. The zero-order valence-electron chi connectivity index (χ0n) is 8.34. The average Bonchev–Trinajstić information content (AvgIpc) is 2.14. The normalized spacial score (nSPS) is 12.3. The maximum Gasteiger partial charge on any atom is 0.128 e. The molecule has 2 nitrogen and oxygen atoms in total. The molecule has 0 saturated carbocycles. The Morgan fingerprint density at radius 1 is 1.67 bits per heavy atom. The van der Waals surface area contributed by atoms with Crippen molar-refractivity contribution < 1.29 is 14.2 Å². The van der Waals surface area contributed by atoms with Crippen molar-refractivity contribution in [1.82, 2.24) is 0 Å². The summed E-state index contributed by atoms with van der Waals surface area (Å²) in [4.78, 5) is 0. The zero-order chi connectivity index (χ0) is 11.4. The van der Waals surface area contributed by atoms with E-state index in [0.717, 1.165) is 0 Å². The Kier molecular flexibility index (Phi) is 4.12. The largest absolute Gasteiger partial charge is 0.488 e. The molecule has 0 aromatic heterocycles. The van der Waals surface area contributed by atoms with Crippen molar-refractivity contribution in [3.8, 4) is 5.75 Å². The van der Waals surface area contributed by atoms with E-state index in [2.05, 4.69) is 6.58 Å². The molecule has 0 aliphatic rings. The van der Waals surface area contributed by atoms with Gasteiger partial charge in [0.1, 0.15) is 18.2 Å². The van der Waals surface area contributed by atoms with Crippen LogP contribution in [0.4, 0.5) is 4.39 Å². The fourth-order valence-corrected chi connectivity index (χ4v) is 1.19. The second-order valence-electron chi connectivity index (χ2n) is 3.16. The second-order valence-corrected chi connectivity index (χ2v) is 3.70. The van der Waals surface area contributed by atoms with Gasteiger partial charge in [-0.15, -0.1) is 0 Å². The number of aliphatic hydroxyl groups excluding tert-OH is 1. The highest BCUT2D eigenvalue weighted by molar-refractivity contribution is 6.29. The van der Waals surface area contributed by atoms with E-state index in [-0.39, 0.29) is 12.4 Å². The lowest BCUT2D eigenvalue weighted by Gasteiger charge is -2.12. The lowest BCUT2D eigenvalue weighted by molar-refractivity contribution is 0.192. The Morgan fingerprint density at radius 2 is 2.33 bits per heavy atom. The first-order valence-corrected chi connectivity index (χ1v) is 4.82. The van der Waals surface area contributed by atoms with Crippen LogP contribution in [0.15, 0.2) is 29.8 Å². The van der Waals surface area contributed by atoms with Gasteiger partial charge < -0.3 is 9.84 Å². The molecule has 0 aliphatic carbocycles. The van der Waals surface area contributed by atoms with E-state index in [9.17, 15) is 9.50 Å². The molecular formula is C11H12ClFO2. The maximum atomic E-state index is 12.9. The fourth-order valence-electron chi connectivity index (χ4n) is 1.13. The summed E-state index contributed by atoms with van der Waals surface area (Å²) >= 11 is 5.52. The highest BCUT2D eigenvalue weighted by Gasteiger charge is 2.10. The molecule has 0 bridgehead atoms. The minimum Gasteiger partial charge on any atom is -0.488 e. The first-order chi connectivity index (χ1) is 7.00. The van der Waals surface area contributed by atoms with Gasteiger partial charge in [-0.3, -0.25) is 0 Å². The fraction of sp³-hybridized carbons (Fsp3) is 0.273. The van der Waals surface area contributed by atoms with E-state index in [1.807, 2.05) is 0 Å². The van der Waals surface area contributed by atoms with Gasteiger partial charge in [-0.1, -0.05) is 18.2 Å². The summed E-state index contributed by atoms with van der Waals surface area (Å²) in [6.45, 7) is 5.12. The van der Waals surface area contributed by atoms with Gasteiger partial charge in [0.05, 0.1) is 6.10 Å². The quantitative estimate of drug-likeness (QED) is 0.862. The van der Waals surface area contributed by atoms with Crippen LogP contribution < -0.4 is 4.74 Å². The molecule has 0 heterocycles. The third-order valence-corrected chi connectivity index (χ3v) is 1.92. The molecule has 4 heteroatoms. The topological polar surface area (TPSA) is 29.5 Å². The van der Waals surface area contributed by atoms with Crippen molar-refractivity contribution in [2.75, 3.05) is 6.61 Å². The number of ether oxygens (including phenoxy) is 1. The SMILES string of the molecule is C=C(Cl)COc1cc(F)ccc1[C@@H](C)O. The van der Waals surface area contributed by atoms with Crippen LogP contribution in [0.3, 0.4) is 0 Å². The first-order valence-electron chi connectivity index (χ1n) is 4.44. The zero-order valence-corrected chi connectivity index (χ0v) is 9.09. The second kappa shape index (κ2) is 5.14. The molecule has 1 N–H and O–H groups in total. The summed E-state index contributed by atoms with van der Waals surface area (Å²) in [6.07, 6.45) is -0.718. The first kappa shape index (κ1) is 12.0. The molecule has 0 saturated heterocycles. The predicted molar refractivity (Wildman–Crippen MR) is 57.5 cm³/mol. The standard InChI is InChI=1S/C11H12ClFO2/c1-7(12)6-15-11-5-9(13)3-4-10(11)8(2)14/h3-5,8,14H,1,6H2,2H3/t8-/m1/s1. The Bertz CT molecular complexity index is 364. The van der Waals surface area contributed by atoms with E-state index < -0.39 is 11.9 Å². The molecule has 1 atom stereocenters. The van der Waals surface area contributed by atoms with Crippen LogP contribution >= 0.6 is 11.6 Å². The van der Waals surface area contributed by atoms with Gasteiger partial charge in [0.15, 0.2) is 0 Å². The van der Waals surface area contributed by atoms with Gasteiger partial charge in [0.2, 0.25) is 0 Å². The van der Waals surface area contributed by atoms with Crippen molar-refractivity contribution >= 4 is 11.6 Å². The molecule has 0 unspecified atom stereocenters. The predicted octanol–water partition coefficient (Wildman–Crippen LogP) is 3.01. The molecule has 82 valence electrons. The summed E-state index contributed by atoms with van der Waals surface area (Å²) in [5.41, 5.74) is 0.523. The lowest BCUT2D eigenvalue weighted by Crippen LogP contribution is -2.02. The van der Waals surface area contributed by atoms with Crippen molar-refractivity contribution in [3.63, 3.8) is 0 Å². The van der Waals surface area contributed by atoms with Crippen LogP contribution in [0.2, 0.25) is 0 Å². The van der Waals surface area contributed by atoms with E-state index in [1.54, 1.807) is 6.92 Å². The Morgan fingerprint density at radius 3 is 2.87 bits per heavy atom. The van der Waals surface area contributed by atoms with Crippen LogP contribution in [0.1, 0.15) is 18.6 Å². The smallest absolute Gasteiger partial charge is 0.128 e. The molecule has 0 aliphatic heterocycles. The van der Waals surface area contributed by atoms with Crippen LogP contribution in [0.5, 0.6) is 5.75 Å². The van der Waals surface area contributed by atoms with Gasteiger partial charge >= 0.3 is 0 Å². The third kappa shape index (κ3) is 3.53. The summed E-state index contributed by atoms with van der Waals surface area (Å²) in [5, 5.41) is 9.72. The Labute approximate surface area is 92.9 Å². The summed E-state index contributed by atoms with van der Waals surface area (Å²) < 4.78 is 18.1. The van der Waals surface area contributed by atoms with Crippen LogP contribution in [-0.2, 0) is 0 Å². The van der Waals surface area contributed by atoms with Crippen molar-refractivity contribution in [2.45, 2.75) is 13.0 Å². The van der Waals surface area contributed by atoms with Crippen LogP contribution in [0, 0.1) is 5.82 Å². The van der Waals surface area contributed by atoms with E-state index in [1.165, 1.54) is 18.2 Å². The maximum absolute atomic E-state index is 12.9. The number of hydrogen-bond donors (Lipinski definition) is 1. The molecule has 0 radical (unpaired) electrons. The number of aliphatic hydroxyl groups is 1. The van der Waals surface area contributed by atoms with Gasteiger partial charge in [0.25, 0.3) is 0 Å². The number of halogens is 2. The van der Waals surface area contributed by atoms with Crippen LogP contribution in [0.25, 0.3) is 0 Å². The number of rotatable bonds is 4. The van der Waals surface area contributed by atoms with Crippen molar-refractivity contribution in [2.24, 2.45) is 0 Å².